The SMILES string of the molecule is CCOc1cc2c(cc1[C@@H]1C[C@H]1N)O[C@@H](C)C2. The minimum absolute atomic E-state index is 0.280. The van der Waals surface area contributed by atoms with Crippen molar-refractivity contribution in [2.45, 2.75) is 44.8 Å². The molecule has 1 fully saturated rings. The lowest BCUT2D eigenvalue weighted by atomic mass is 10.0. The first-order valence-corrected chi connectivity index (χ1v) is 6.41. The third-order valence-electron chi connectivity index (χ3n) is 3.57. The zero-order valence-electron chi connectivity index (χ0n) is 10.4. The van der Waals surface area contributed by atoms with Gasteiger partial charge in [0.25, 0.3) is 0 Å². The zero-order valence-corrected chi connectivity index (χ0v) is 10.4. The Morgan fingerprint density at radius 1 is 1.47 bits per heavy atom. The van der Waals surface area contributed by atoms with E-state index in [-0.39, 0.29) is 6.10 Å². The van der Waals surface area contributed by atoms with Crippen molar-refractivity contribution < 1.29 is 9.47 Å². The molecular formula is C14H19NO2. The lowest BCUT2D eigenvalue weighted by Crippen LogP contribution is -2.05. The standard InChI is InChI=1S/C14H19NO2/c1-3-16-14-5-9-4-8(2)17-13(9)7-11(14)10-6-12(10)15/h5,7-8,10,12H,3-4,6,15H2,1-2H3/t8-,10-,12+/m0/s1. The van der Waals surface area contributed by atoms with Crippen molar-refractivity contribution in [3.05, 3.63) is 23.3 Å². The van der Waals surface area contributed by atoms with E-state index in [1.165, 1.54) is 11.1 Å². The summed E-state index contributed by atoms with van der Waals surface area (Å²) in [4.78, 5) is 0. The van der Waals surface area contributed by atoms with E-state index in [1.807, 2.05) is 6.92 Å². The van der Waals surface area contributed by atoms with Gasteiger partial charge >= 0.3 is 0 Å². The van der Waals surface area contributed by atoms with Gasteiger partial charge in [0, 0.05) is 29.5 Å². The molecule has 1 aliphatic carbocycles. The summed E-state index contributed by atoms with van der Waals surface area (Å²) < 4.78 is 11.5. The molecule has 0 radical (unpaired) electrons. The van der Waals surface area contributed by atoms with Crippen LogP contribution in [0.4, 0.5) is 0 Å². The highest BCUT2D eigenvalue weighted by Crippen LogP contribution is 2.47. The Hall–Kier alpha value is -1.22. The molecule has 1 aromatic carbocycles. The van der Waals surface area contributed by atoms with Crippen LogP contribution in [0.2, 0.25) is 0 Å². The number of rotatable bonds is 3. The smallest absolute Gasteiger partial charge is 0.123 e. The Kier molecular flexibility index (Phi) is 2.51. The number of nitrogens with two attached hydrogens (primary N) is 1. The van der Waals surface area contributed by atoms with E-state index < -0.39 is 0 Å². The van der Waals surface area contributed by atoms with Gasteiger partial charge < -0.3 is 15.2 Å². The Labute approximate surface area is 102 Å². The van der Waals surface area contributed by atoms with E-state index in [0.717, 1.165) is 24.3 Å². The fourth-order valence-corrected chi connectivity index (χ4v) is 2.60. The van der Waals surface area contributed by atoms with Gasteiger partial charge in [0.1, 0.15) is 17.6 Å². The van der Waals surface area contributed by atoms with Crippen LogP contribution >= 0.6 is 0 Å². The van der Waals surface area contributed by atoms with Gasteiger partial charge in [-0.15, -0.1) is 0 Å². The minimum atomic E-state index is 0.280. The molecule has 1 saturated carbocycles. The van der Waals surface area contributed by atoms with Gasteiger partial charge in [0.2, 0.25) is 0 Å². The molecule has 1 aliphatic heterocycles. The first kappa shape index (κ1) is 10.9. The second-order valence-corrected chi connectivity index (χ2v) is 5.07. The lowest BCUT2D eigenvalue weighted by molar-refractivity contribution is 0.254. The van der Waals surface area contributed by atoms with Gasteiger partial charge in [-0.25, -0.2) is 0 Å². The van der Waals surface area contributed by atoms with Crippen LogP contribution in [-0.4, -0.2) is 18.8 Å². The maximum atomic E-state index is 5.94. The minimum Gasteiger partial charge on any atom is -0.494 e. The second kappa shape index (κ2) is 3.91. The van der Waals surface area contributed by atoms with Crippen LogP contribution in [0.25, 0.3) is 0 Å². The summed E-state index contributed by atoms with van der Waals surface area (Å²) in [5.41, 5.74) is 8.43. The van der Waals surface area contributed by atoms with Crippen LogP contribution in [0, 0.1) is 0 Å². The van der Waals surface area contributed by atoms with Crippen molar-refractivity contribution in [2.24, 2.45) is 5.73 Å². The Morgan fingerprint density at radius 2 is 2.24 bits per heavy atom. The van der Waals surface area contributed by atoms with E-state index in [9.17, 15) is 0 Å². The predicted molar refractivity (Wildman–Crippen MR) is 66.7 cm³/mol. The van der Waals surface area contributed by atoms with Gasteiger partial charge in [-0.05, 0) is 32.4 Å². The summed E-state index contributed by atoms with van der Waals surface area (Å²) in [5, 5.41) is 0. The average Bonchev–Trinajstić information content (AvgIpc) is 2.87. The van der Waals surface area contributed by atoms with E-state index in [2.05, 4.69) is 19.1 Å². The van der Waals surface area contributed by atoms with E-state index in [4.69, 9.17) is 15.2 Å². The number of hydrogen-bond acceptors (Lipinski definition) is 3. The largest absolute Gasteiger partial charge is 0.494 e. The highest BCUT2D eigenvalue weighted by atomic mass is 16.5. The van der Waals surface area contributed by atoms with Crippen LogP contribution in [0.15, 0.2) is 12.1 Å². The van der Waals surface area contributed by atoms with E-state index in [0.29, 0.717) is 18.6 Å². The Morgan fingerprint density at radius 3 is 2.88 bits per heavy atom. The highest BCUT2D eigenvalue weighted by Gasteiger charge is 2.38. The number of hydrogen-bond donors (Lipinski definition) is 1. The summed E-state index contributed by atoms with van der Waals surface area (Å²) in [6.07, 6.45) is 2.32. The number of ether oxygens (including phenoxy) is 2. The summed E-state index contributed by atoms with van der Waals surface area (Å²) in [5.74, 6) is 2.48. The Bertz CT molecular complexity index is 444. The summed E-state index contributed by atoms with van der Waals surface area (Å²) in [6.45, 7) is 4.82. The van der Waals surface area contributed by atoms with Crippen LogP contribution in [0.1, 0.15) is 37.3 Å². The molecule has 0 unspecified atom stereocenters. The van der Waals surface area contributed by atoms with Gasteiger partial charge in [0.15, 0.2) is 0 Å². The molecule has 0 bridgehead atoms. The molecule has 3 atom stereocenters. The van der Waals surface area contributed by atoms with Crippen LogP contribution in [0.5, 0.6) is 11.5 Å². The van der Waals surface area contributed by atoms with Crippen LogP contribution in [0.3, 0.4) is 0 Å². The average molecular weight is 233 g/mol. The highest BCUT2D eigenvalue weighted by molar-refractivity contribution is 5.52. The first-order valence-electron chi connectivity index (χ1n) is 6.41. The third-order valence-corrected chi connectivity index (χ3v) is 3.57. The van der Waals surface area contributed by atoms with Gasteiger partial charge in [0.05, 0.1) is 6.61 Å². The van der Waals surface area contributed by atoms with Crippen LogP contribution in [-0.2, 0) is 6.42 Å². The summed E-state index contributed by atoms with van der Waals surface area (Å²) in [7, 11) is 0. The van der Waals surface area contributed by atoms with E-state index >= 15 is 0 Å². The molecule has 1 aromatic rings. The molecule has 17 heavy (non-hydrogen) atoms. The summed E-state index contributed by atoms with van der Waals surface area (Å²) in [6, 6.07) is 4.58. The molecule has 2 aliphatic rings. The molecule has 2 N–H and O–H groups in total. The van der Waals surface area contributed by atoms with Gasteiger partial charge in [-0.3, -0.25) is 0 Å². The maximum absolute atomic E-state index is 5.94. The van der Waals surface area contributed by atoms with Crippen molar-refractivity contribution >= 4 is 0 Å². The second-order valence-electron chi connectivity index (χ2n) is 5.07. The molecule has 92 valence electrons. The van der Waals surface area contributed by atoms with Crippen molar-refractivity contribution in [3.63, 3.8) is 0 Å². The summed E-state index contributed by atoms with van der Waals surface area (Å²) >= 11 is 0. The lowest BCUT2D eigenvalue weighted by Gasteiger charge is -2.12. The van der Waals surface area contributed by atoms with E-state index in [1.54, 1.807) is 0 Å². The molecule has 0 saturated heterocycles. The van der Waals surface area contributed by atoms with Gasteiger partial charge in [-0.1, -0.05) is 0 Å². The zero-order chi connectivity index (χ0) is 12.0. The van der Waals surface area contributed by atoms with Gasteiger partial charge in [-0.2, -0.15) is 0 Å². The third kappa shape index (κ3) is 1.89. The molecule has 3 heteroatoms. The number of benzene rings is 1. The Balaban J connectivity index is 1.98. The van der Waals surface area contributed by atoms with Crippen LogP contribution < -0.4 is 15.2 Å². The normalized spacial score (nSPS) is 29.7. The maximum Gasteiger partial charge on any atom is 0.123 e. The molecule has 0 spiro atoms. The van der Waals surface area contributed by atoms with Crippen molar-refractivity contribution in [3.8, 4) is 11.5 Å². The number of fused-ring (bicyclic) bond motifs is 1. The van der Waals surface area contributed by atoms with Crippen molar-refractivity contribution in [2.75, 3.05) is 6.61 Å². The molecule has 1 heterocycles. The van der Waals surface area contributed by atoms with Crippen molar-refractivity contribution in [1.29, 1.82) is 0 Å². The molecule has 3 nitrogen and oxygen atoms in total. The van der Waals surface area contributed by atoms with Crippen molar-refractivity contribution in [1.82, 2.24) is 0 Å². The molecule has 3 rings (SSSR count). The predicted octanol–water partition coefficient (Wildman–Crippen LogP) is 2.22. The quantitative estimate of drug-likeness (QED) is 0.870. The topological polar surface area (TPSA) is 44.5 Å². The fraction of sp³-hybridized carbons (Fsp3) is 0.571. The molecular weight excluding hydrogens is 214 g/mol. The fourth-order valence-electron chi connectivity index (χ4n) is 2.60. The first-order chi connectivity index (χ1) is 8.19. The molecule has 0 aromatic heterocycles. The monoisotopic (exact) mass is 233 g/mol. The molecule has 0 amide bonds.